The Bertz CT molecular complexity index is 1330. The molecular weight excluding hydrogens is 464 g/mol. The third kappa shape index (κ3) is 3.47. The van der Waals surface area contributed by atoms with Crippen LogP contribution < -0.4 is 0 Å². The molecule has 5 rings (SSSR count). The number of carbonyl (C=O) groups is 3. The Balaban J connectivity index is 1.67. The largest absolute Gasteiger partial charge is 0.511 e. The van der Waals surface area contributed by atoms with Gasteiger partial charge in [0.1, 0.15) is 17.3 Å². The van der Waals surface area contributed by atoms with Crippen LogP contribution in [-0.4, -0.2) is 32.7 Å². The maximum atomic E-state index is 13.9. The van der Waals surface area contributed by atoms with E-state index in [1.807, 2.05) is 37.4 Å². The molecule has 3 atom stereocenters. The predicted octanol–water partition coefficient (Wildman–Crippen LogP) is 5.81. The third-order valence-corrected chi connectivity index (χ3v) is 8.59. The average Bonchev–Trinajstić information content (AvgIpc) is 3.32. The number of Topliss-reactive ketones (excluding diaryl/α,β-unsaturated/α-hetero) is 3. The summed E-state index contributed by atoms with van der Waals surface area (Å²) in [6, 6.07) is 5.73. The maximum absolute atomic E-state index is 13.9. The van der Waals surface area contributed by atoms with Crippen LogP contribution in [0.15, 0.2) is 46.2 Å². The zero-order chi connectivity index (χ0) is 25.2. The molecule has 0 saturated carbocycles. The fraction of sp³-hybridized carbons (Fsp3) is 0.393. The van der Waals surface area contributed by atoms with Crippen LogP contribution >= 0.6 is 11.3 Å². The average molecular weight is 493 g/mol. The van der Waals surface area contributed by atoms with E-state index in [2.05, 4.69) is 0 Å². The first-order valence-corrected chi connectivity index (χ1v) is 12.9. The molecule has 0 bridgehead atoms. The predicted molar refractivity (Wildman–Crippen MR) is 133 cm³/mol. The molecule has 3 N–H and O–H groups in total. The highest BCUT2D eigenvalue weighted by Crippen LogP contribution is 2.52. The van der Waals surface area contributed by atoms with E-state index in [1.54, 1.807) is 6.92 Å². The summed E-state index contributed by atoms with van der Waals surface area (Å²) in [6.45, 7) is 5.70. The van der Waals surface area contributed by atoms with Crippen molar-refractivity contribution < 1.29 is 29.7 Å². The summed E-state index contributed by atoms with van der Waals surface area (Å²) in [5.74, 6) is -3.82. The number of phenols is 1. The Morgan fingerprint density at radius 3 is 2.54 bits per heavy atom. The number of aromatic hydroxyl groups is 1. The number of benzene rings is 1. The summed E-state index contributed by atoms with van der Waals surface area (Å²) >= 11 is 1.47. The summed E-state index contributed by atoms with van der Waals surface area (Å²) in [5.41, 5.74) is 2.45. The molecule has 0 fully saturated rings. The van der Waals surface area contributed by atoms with Crippen LogP contribution in [0.2, 0.25) is 0 Å². The van der Waals surface area contributed by atoms with Gasteiger partial charge in [0, 0.05) is 28.9 Å². The zero-order valence-electron chi connectivity index (χ0n) is 19.9. The molecule has 6 nitrogen and oxygen atoms in total. The lowest BCUT2D eigenvalue weighted by Gasteiger charge is -2.41. The van der Waals surface area contributed by atoms with Gasteiger partial charge in [0.05, 0.1) is 17.1 Å². The lowest BCUT2D eigenvalue weighted by molar-refractivity contribution is -0.126. The lowest BCUT2D eigenvalue weighted by atomic mass is 9.61. The molecule has 3 aliphatic carbocycles. The number of aliphatic hydroxyl groups excluding tert-OH is 2. The molecule has 0 saturated heterocycles. The lowest BCUT2D eigenvalue weighted by Crippen LogP contribution is -2.42. The van der Waals surface area contributed by atoms with E-state index in [0.717, 1.165) is 16.0 Å². The van der Waals surface area contributed by atoms with Gasteiger partial charge in [-0.25, -0.2) is 0 Å². The van der Waals surface area contributed by atoms with Crippen LogP contribution in [0.25, 0.3) is 10.4 Å². The van der Waals surface area contributed by atoms with Crippen molar-refractivity contribution in [3.8, 4) is 16.2 Å². The van der Waals surface area contributed by atoms with Gasteiger partial charge in [0.25, 0.3) is 0 Å². The topological polar surface area (TPSA) is 112 Å². The number of allylic oxidation sites excluding steroid dienone is 4. The van der Waals surface area contributed by atoms with E-state index in [9.17, 15) is 29.7 Å². The Morgan fingerprint density at radius 2 is 1.91 bits per heavy atom. The number of aliphatic hydroxyl groups is 2. The summed E-state index contributed by atoms with van der Waals surface area (Å²) in [4.78, 5) is 40.3. The van der Waals surface area contributed by atoms with Gasteiger partial charge in [-0.05, 0) is 59.2 Å². The van der Waals surface area contributed by atoms with Gasteiger partial charge >= 0.3 is 0 Å². The standard InChI is InChI=1S/C28H28O6S/c1-4-18(29)24-19(30)10-14-8-13-9-16-15(12(2)3)11-17(20-6-5-7-35-20)25(31)23(16)27(33)21(13)26(32)22(14)28(24)34/h5-7,11-14,22,30-32H,4,8-10H2,1-3H3. The number of phenolic OH excluding ortho intramolecular Hbond substituents is 1. The first kappa shape index (κ1) is 23.5. The van der Waals surface area contributed by atoms with E-state index in [4.69, 9.17) is 0 Å². The molecule has 2 aromatic rings. The van der Waals surface area contributed by atoms with Crippen LogP contribution in [-0.2, 0) is 16.0 Å². The normalized spacial score (nSPS) is 23.9. The van der Waals surface area contributed by atoms with E-state index in [0.29, 0.717) is 18.4 Å². The van der Waals surface area contributed by atoms with Gasteiger partial charge in [-0.15, -0.1) is 11.3 Å². The van der Waals surface area contributed by atoms with Crippen molar-refractivity contribution in [3.63, 3.8) is 0 Å². The van der Waals surface area contributed by atoms with Crippen LogP contribution in [0.4, 0.5) is 0 Å². The molecule has 1 heterocycles. The minimum absolute atomic E-state index is 0.0616. The minimum atomic E-state index is -1.03. The third-order valence-electron chi connectivity index (χ3n) is 7.68. The molecule has 1 aromatic carbocycles. The summed E-state index contributed by atoms with van der Waals surface area (Å²) in [5, 5.41) is 34.9. The first-order chi connectivity index (χ1) is 16.6. The molecule has 3 unspecified atom stereocenters. The van der Waals surface area contributed by atoms with Gasteiger partial charge in [-0.2, -0.15) is 0 Å². The Hall–Kier alpha value is -3.19. The van der Waals surface area contributed by atoms with Gasteiger partial charge < -0.3 is 15.3 Å². The highest BCUT2D eigenvalue weighted by atomic mass is 32.1. The number of hydrogen-bond donors (Lipinski definition) is 3. The van der Waals surface area contributed by atoms with E-state index in [-0.39, 0.29) is 64.6 Å². The number of ketones is 3. The van der Waals surface area contributed by atoms with Crippen LogP contribution in [0.1, 0.15) is 67.4 Å². The number of hydrogen-bond acceptors (Lipinski definition) is 7. The molecule has 3 aliphatic rings. The summed E-state index contributed by atoms with van der Waals surface area (Å²) < 4.78 is 0. The number of thiophene rings is 1. The minimum Gasteiger partial charge on any atom is -0.511 e. The molecule has 182 valence electrons. The molecule has 0 aliphatic heterocycles. The van der Waals surface area contributed by atoms with Crippen LogP contribution in [0, 0.1) is 17.8 Å². The van der Waals surface area contributed by atoms with E-state index in [1.165, 1.54) is 11.3 Å². The zero-order valence-corrected chi connectivity index (χ0v) is 20.7. The molecule has 0 spiro atoms. The quantitative estimate of drug-likeness (QED) is 0.464. The van der Waals surface area contributed by atoms with Crippen molar-refractivity contribution in [1.29, 1.82) is 0 Å². The Morgan fingerprint density at radius 1 is 1.17 bits per heavy atom. The molecule has 0 radical (unpaired) electrons. The smallest absolute Gasteiger partial charge is 0.196 e. The highest BCUT2D eigenvalue weighted by Gasteiger charge is 2.50. The maximum Gasteiger partial charge on any atom is 0.196 e. The summed E-state index contributed by atoms with van der Waals surface area (Å²) in [7, 11) is 0. The van der Waals surface area contributed by atoms with Crippen molar-refractivity contribution in [3.05, 3.63) is 62.9 Å². The highest BCUT2D eigenvalue weighted by molar-refractivity contribution is 7.13. The number of carbonyl (C=O) groups excluding carboxylic acids is 3. The van der Waals surface area contributed by atoms with Gasteiger partial charge in [0.2, 0.25) is 0 Å². The fourth-order valence-corrected chi connectivity index (χ4v) is 6.83. The second kappa shape index (κ2) is 8.48. The number of rotatable bonds is 4. The molecular formula is C28H28O6S. The van der Waals surface area contributed by atoms with E-state index >= 15 is 0 Å². The SMILES string of the molecule is CCC(=O)C1=C(O)CC2CC3Cc4c(C(C)C)cc(-c5cccs5)c(O)c4C(=O)C3=C(O)C2C1=O. The van der Waals surface area contributed by atoms with Crippen LogP contribution in [0.5, 0.6) is 5.75 Å². The van der Waals surface area contributed by atoms with Gasteiger partial charge in [-0.1, -0.05) is 26.8 Å². The van der Waals surface area contributed by atoms with Crippen molar-refractivity contribution in [1.82, 2.24) is 0 Å². The second-order valence-electron chi connectivity index (χ2n) is 10.0. The molecule has 7 heteroatoms. The fourth-order valence-electron chi connectivity index (χ4n) is 6.08. The van der Waals surface area contributed by atoms with Gasteiger partial charge in [0.15, 0.2) is 17.3 Å². The molecule has 35 heavy (non-hydrogen) atoms. The monoisotopic (exact) mass is 492 g/mol. The second-order valence-corrected chi connectivity index (χ2v) is 11.0. The van der Waals surface area contributed by atoms with Crippen molar-refractivity contribution in [2.75, 3.05) is 0 Å². The Kier molecular flexibility index (Phi) is 5.71. The molecule has 1 aromatic heterocycles. The number of fused-ring (bicyclic) bond motifs is 3. The molecule has 0 amide bonds. The summed E-state index contributed by atoms with van der Waals surface area (Å²) in [6.07, 6.45) is 1.07. The first-order valence-electron chi connectivity index (χ1n) is 12.0. The Labute approximate surface area is 207 Å². The van der Waals surface area contributed by atoms with Crippen molar-refractivity contribution >= 4 is 28.7 Å². The van der Waals surface area contributed by atoms with Crippen molar-refractivity contribution in [2.24, 2.45) is 17.8 Å². The van der Waals surface area contributed by atoms with Gasteiger partial charge in [-0.3, -0.25) is 14.4 Å². The van der Waals surface area contributed by atoms with Crippen molar-refractivity contribution in [2.45, 2.75) is 52.4 Å². The van der Waals surface area contributed by atoms with Crippen LogP contribution in [0.3, 0.4) is 0 Å². The van der Waals surface area contributed by atoms with E-state index < -0.39 is 23.3 Å².